The second-order valence-electron chi connectivity index (χ2n) is 13.3. The molecule has 48 heavy (non-hydrogen) atoms. The topological polar surface area (TPSA) is 111 Å². The lowest BCUT2D eigenvalue weighted by Gasteiger charge is -2.25. The van der Waals surface area contributed by atoms with Crippen LogP contribution in [0.2, 0.25) is 0 Å². The van der Waals surface area contributed by atoms with Crippen molar-refractivity contribution in [2.75, 3.05) is 19.8 Å². The second-order valence-corrected chi connectivity index (χ2v) is 14.7. The number of unbranched alkanes of at least 4 members (excludes halogenated alkanes) is 23. The Kier molecular flexibility index (Phi) is 34.7. The fraction of sp³-hybridized carbons (Fsp3) is 0.897. The molecule has 0 aromatic rings. The third-order valence-electron chi connectivity index (χ3n) is 8.56. The molecular formula is C39H74O8P-. The van der Waals surface area contributed by atoms with Crippen LogP contribution in [0.4, 0.5) is 0 Å². The molecule has 0 saturated heterocycles. The van der Waals surface area contributed by atoms with Crippen molar-refractivity contribution in [3.05, 3.63) is 12.2 Å². The lowest BCUT2D eigenvalue weighted by molar-refractivity contribution is -0.228. The average molecular weight is 702 g/mol. The molecule has 0 fully saturated rings. The number of rotatable bonds is 37. The number of carbonyl (C=O) groups excluding carboxylic acids is 2. The molecule has 2 atom stereocenters. The van der Waals surface area contributed by atoms with Crippen LogP contribution in [0.15, 0.2) is 12.2 Å². The molecule has 0 radical (unpaired) electrons. The molecule has 0 amide bonds. The minimum atomic E-state index is -4.52. The normalized spacial score (nSPS) is 13.5. The minimum Gasteiger partial charge on any atom is -0.756 e. The van der Waals surface area contributed by atoms with Gasteiger partial charge in [-0.05, 0) is 45.4 Å². The molecule has 0 bridgehead atoms. The van der Waals surface area contributed by atoms with Crippen LogP contribution in [0, 0.1) is 0 Å². The molecule has 9 heteroatoms. The number of hydrogen-bond acceptors (Lipinski definition) is 8. The molecule has 284 valence electrons. The van der Waals surface area contributed by atoms with E-state index >= 15 is 0 Å². The van der Waals surface area contributed by atoms with Crippen molar-refractivity contribution in [1.82, 2.24) is 0 Å². The monoisotopic (exact) mass is 702 g/mol. The molecule has 0 aliphatic carbocycles. The predicted octanol–water partition coefficient (Wildman–Crippen LogP) is 11.5. The van der Waals surface area contributed by atoms with Gasteiger partial charge in [-0.15, -0.1) is 0 Å². The first-order valence-electron chi connectivity index (χ1n) is 19.9. The quantitative estimate of drug-likeness (QED) is 0.0272. The highest BCUT2D eigenvalue weighted by Crippen LogP contribution is 2.38. The fourth-order valence-corrected chi connectivity index (χ4v) is 6.36. The summed E-state index contributed by atoms with van der Waals surface area (Å²) < 4.78 is 32.2. The van der Waals surface area contributed by atoms with E-state index in [1.54, 1.807) is 0 Å². The van der Waals surface area contributed by atoms with E-state index in [1.807, 2.05) is 0 Å². The first-order chi connectivity index (χ1) is 23.3. The summed E-state index contributed by atoms with van der Waals surface area (Å²) in [5, 5.41) is 0. The van der Waals surface area contributed by atoms with Crippen molar-refractivity contribution in [3.8, 4) is 0 Å². The van der Waals surface area contributed by atoms with Gasteiger partial charge in [0, 0.05) is 12.8 Å². The van der Waals surface area contributed by atoms with Crippen LogP contribution >= 0.6 is 7.82 Å². The van der Waals surface area contributed by atoms with Crippen LogP contribution < -0.4 is 4.89 Å². The molecule has 0 saturated carbocycles. The molecule has 0 aliphatic heterocycles. The lowest BCUT2D eigenvalue weighted by Crippen LogP contribution is -2.30. The van der Waals surface area contributed by atoms with Crippen molar-refractivity contribution in [2.45, 2.75) is 207 Å². The maximum Gasteiger partial charge on any atom is 0.306 e. The van der Waals surface area contributed by atoms with E-state index in [0.717, 1.165) is 51.4 Å². The standard InChI is InChI=1S/C39H75O8P/c1-4-7-9-11-13-15-17-19-20-22-24-26-28-30-32-34-39(41)47-37(36-46-48(42,43)45-6-3)35-44-38(40)33-31-29-27-25-23-21-18-16-14-12-10-8-5-2/h19-20,37H,4-18,21-36H2,1-3H3,(H,42,43)/p-1/b20-19-/t37-/m1/s1. The van der Waals surface area contributed by atoms with Crippen molar-refractivity contribution in [1.29, 1.82) is 0 Å². The maximum atomic E-state index is 12.5. The van der Waals surface area contributed by atoms with Gasteiger partial charge < -0.3 is 23.4 Å². The van der Waals surface area contributed by atoms with E-state index < -0.39 is 26.5 Å². The number of hydrogen-bond donors (Lipinski definition) is 0. The Bertz CT molecular complexity index is 803. The van der Waals surface area contributed by atoms with Crippen LogP contribution in [0.5, 0.6) is 0 Å². The van der Waals surface area contributed by atoms with Gasteiger partial charge in [0.1, 0.15) is 6.61 Å². The predicted molar refractivity (Wildman–Crippen MR) is 196 cm³/mol. The van der Waals surface area contributed by atoms with Crippen LogP contribution in [-0.2, 0) is 32.7 Å². The molecular weight excluding hydrogens is 627 g/mol. The highest BCUT2D eigenvalue weighted by Gasteiger charge is 2.20. The first-order valence-corrected chi connectivity index (χ1v) is 21.4. The van der Waals surface area contributed by atoms with Crippen molar-refractivity contribution < 1.29 is 37.6 Å². The van der Waals surface area contributed by atoms with Gasteiger partial charge in [0.15, 0.2) is 6.10 Å². The Morgan fingerprint density at radius 2 is 0.938 bits per heavy atom. The molecule has 0 spiro atoms. The summed E-state index contributed by atoms with van der Waals surface area (Å²) in [6.07, 6.45) is 35.2. The first kappa shape index (κ1) is 46.8. The van der Waals surface area contributed by atoms with Crippen LogP contribution in [0.25, 0.3) is 0 Å². The number of phosphoric acid groups is 1. The average Bonchev–Trinajstić information content (AvgIpc) is 3.06. The van der Waals surface area contributed by atoms with Crippen molar-refractivity contribution >= 4 is 19.8 Å². The Hall–Kier alpha value is -1.21. The molecule has 0 N–H and O–H groups in total. The van der Waals surface area contributed by atoms with E-state index in [9.17, 15) is 19.0 Å². The van der Waals surface area contributed by atoms with Gasteiger partial charge in [-0.2, -0.15) is 0 Å². The smallest absolute Gasteiger partial charge is 0.306 e. The molecule has 0 heterocycles. The van der Waals surface area contributed by atoms with Gasteiger partial charge in [0.05, 0.1) is 13.2 Å². The highest BCUT2D eigenvalue weighted by atomic mass is 31.2. The number of phosphoric ester groups is 1. The van der Waals surface area contributed by atoms with E-state index in [4.69, 9.17) is 14.0 Å². The van der Waals surface area contributed by atoms with Gasteiger partial charge >= 0.3 is 11.9 Å². The zero-order valence-corrected chi connectivity index (χ0v) is 32.3. The number of ether oxygens (including phenoxy) is 2. The summed E-state index contributed by atoms with van der Waals surface area (Å²) in [5.41, 5.74) is 0. The zero-order valence-electron chi connectivity index (χ0n) is 31.4. The SMILES string of the molecule is CCCCCCCC/C=C\CCCCCCCC(=O)O[C@H](COC(=O)CCCCCCCCCCCCCCC)COP(=O)([O-])OCC. The highest BCUT2D eigenvalue weighted by molar-refractivity contribution is 7.45. The zero-order chi connectivity index (χ0) is 35.4. The Morgan fingerprint density at radius 1 is 0.542 bits per heavy atom. The largest absolute Gasteiger partial charge is 0.756 e. The summed E-state index contributed by atoms with van der Waals surface area (Å²) in [5.74, 6) is -0.836. The summed E-state index contributed by atoms with van der Waals surface area (Å²) in [7, 11) is -4.52. The minimum absolute atomic E-state index is 0.0607. The molecule has 0 rings (SSSR count). The van der Waals surface area contributed by atoms with Crippen LogP contribution in [0.1, 0.15) is 201 Å². The summed E-state index contributed by atoms with van der Waals surface area (Å²) in [6.45, 7) is 5.27. The second kappa shape index (κ2) is 35.6. The fourth-order valence-electron chi connectivity index (χ4n) is 5.62. The third-order valence-corrected chi connectivity index (χ3v) is 9.60. The molecule has 8 nitrogen and oxygen atoms in total. The van der Waals surface area contributed by atoms with Gasteiger partial charge in [-0.1, -0.05) is 154 Å². The Labute approximate surface area is 295 Å². The van der Waals surface area contributed by atoms with Gasteiger partial charge in [-0.3, -0.25) is 14.2 Å². The lowest BCUT2D eigenvalue weighted by atomic mass is 10.0. The molecule has 0 aromatic heterocycles. The maximum absolute atomic E-state index is 12.5. The number of allylic oxidation sites excluding steroid dienone is 2. The van der Waals surface area contributed by atoms with E-state index in [2.05, 4.69) is 30.5 Å². The third kappa shape index (κ3) is 34.6. The summed E-state index contributed by atoms with van der Waals surface area (Å²) >= 11 is 0. The van der Waals surface area contributed by atoms with E-state index in [1.165, 1.54) is 116 Å². The van der Waals surface area contributed by atoms with Crippen molar-refractivity contribution in [2.24, 2.45) is 0 Å². The van der Waals surface area contributed by atoms with E-state index in [-0.39, 0.29) is 32.0 Å². The summed E-state index contributed by atoms with van der Waals surface area (Å²) in [4.78, 5) is 36.7. The molecule has 1 unspecified atom stereocenters. The number of carbonyl (C=O) groups is 2. The number of esters is 2. The van der Waals surface area contributed by atoms with Crippen LogP contribution in [-0.4, -0.2) is 37.9 Å². The van der Waals surface area contributed by atoms with Crippen molar-refractivity contribution in [3.63, 3.8) is 0 Å². The van der Waals surface area contributed by atoms with Gasteiger partial charge in [-0.25, -0.2) is 0 Å². The van der Waals surface area contributed by atoms with E-state index in [0.29, 0.717) is 6.42 Å². The van der Waals surface area contributed by atoms with Gasteiger partial charge in [0.25, 0.3) is 7.82 Å². The van der Waals surface area contributed by atoms with Crippen LogP contribution in [0.3, 0.4) is 0 Å². The Balaban J connectivity index is 4.12. The molecule has 0 aromatic carbocycles. The summed E-state index contributed by atoms with van der Waals surface area (Å²) in [6, 6.07) is 0. The van der Waals surface area contributed by atoms with Gasteiger partial charge in [0.2, 0.25) is 0 Å². The Morgan fingerprint density at radius 3 is 1.38 bits per heavy atom. The molecule has 0 aliphatic rings.